The summed E-state index contributed by atoms with van der Waals surface area (Å²) >= 11 is 0. The first-order chi connectivity index (χ1) is 13.3. The second-order valence-corrected chi connectivity index (χ2v) is 6.95. The lowest BCUT2D eigenvalue weighted by Crippen LogP contribution is -2.43. The van der Waals surface area contributed by atoms with Crippen molar-refractivity contribution in [3.05, 3.63) is 55.0 Å². The fourth-order valence-corrected chi connectivity index (χ4v) is 3.80. The summed E-state index contributed by atoms with van der Waals surface area (Å²) in [6, 6.07) is 13.0. The van der Waals surface area contributed by atoms with Gasteiger partial charge in [-0.1, -0.05) is 12.1 Å². The Morgan fingerprint density at radius 1 is 1.00 bits per heavy atom. The highest BCUT2D eigenvalue weighted by atomic mass is 15.3. The molecule has 0 aliphatic carbocycles. The van der Waals surface area contributed by atoms with Crippen molar-refractivity contribution in [3.8, 4) is 22.4 Å². The summed E-state index contributed by atoms with van der Waals surface area (Å²) in [4.78, 5) is 10.3. The third kappa shape index (κ3) is 2.88. The number of aromatic amines is 1. The van der Waals surface area contributed by atoms with Gasteiger partial charge in [0.15, 0.2) is 0 Å². The Hall–Kier alpha value is -3.12. The molecule has 136 valence electrons. The second kappa shape index (κ2) is 6.55. The predicted octanol–water partition coefficient (Wildman–Crippen LogP) is 3.04. The lowest BCUT2D eigenvalue weighted by atomic mass is 10.0. The van der Waals surface area contributed by atoms with Gasteiger partial charge in [-0.2, -0.15) is 5.10 Å². The largest absolute Gasteiger partial charge is 0.369 e. The van der Waals surface area contributed by atoms with Gasteiger partial charge in [0.05, 0.1) is 5.69 Å². The van der Waals surface area contributed by atoms with Crippen LogP contribution < -0.4 is 10.2 Å². The minimum atomic E-state index is 0.896. The number of piperazine rings is 1. The highest BCUT2D eigenvalue weighted by Gasteiger charge is 2.13. The minimum absolute atomic E-state index is 0.896. The zero-order chi connectivity index (χ0) is 18.2. The molecule has 0 amide bonds. The van der Waals surface area contributed by atoms with Crippen LogP contribution in [-0.4, -0.2) is 45.9 Å². The SMILES string of the molecule is Cn1nccc1-c1c[nH]c2ncc(-c3ccc(N4CCNCC4)cc3)cc12. The number of anilines is 1. The highest BCUT2D eigenvalue weighted by molar-refractivity contribution is 5.95. The van der Waals surface area contributed by atoms with Crippen LogP contribution in [0.4, 0.5) is 5.69 Å². The fourth-order valence-electron chi connectivity index (χ4n) is 3.80. The van der Waals surface area contributed by atoms with Crippen molar-refractivity contribution in [2.24, 2.45) is 7.05 Å². The van der Waals surface area contributed by atoms with Crippen molar-refractivity contribution in [3.63, 3.8) is 0 Å². The summed E-state index contributed by atoms with van der Waals surface area (Å²) in [6.07, 6.45) is 5.76. The Morgan fingerprint density at radius 3 is 2.56 bits per heavy atom. The Kier molecular flexibility index (Phi) is 3.90. The van der Waals surface area contributed by atoms with Crippen molar-refractivity contribution in [2.45, 2.75) is 0 Å². The molecule has 4 heterocycles. The topological polar surface area (TPSA) is 61.8 Å². The standard InChI is InChI=1S/C21H22N6/c1-26-20(6-7-25-26)19-14-24-21-18(19)12-16(13-23-21)15-2-4-17(5-3-15)27-10-8-22-9-11-27/h2-7,12-14,22H,8-11H2,1H3,(H,23,24). The number of hydrogen-bond acceptors (Lipinski definition) is 4. The molecule has 0 radical (unpaired) electrons. The molecule has 1 aliphatic heterocycles. The summed E-state index contributed by atoms with van der Waals surface area (Å²) < 4.78 is 1.89. The Labute approximate surface area is 157 Å². The summed E-state index contributed by atoms with van der Waals surface area (Å²) in [6.45, 7) is 4.22. The molecule has 1 fully saturated rings. The number of nitrogens with zero attached hydrogens (tertiary/aromatic N) is 4. The van der Waals surface area contributed by atoms with Crippen molar-refractivity contribution in [1.82, 2.24) is 25.1 Å². The van der Waals surface area contributed by atoms with Gasteiger partial charge in [-0.3, -0.25) is 4.68 Å². The molecule has 4 aromatic rings. The lowest BCUT2D eigenvalue weighted by molar-refractivity contribution is 0.589. The van der Waals surface area contributed by atoms with Crippen LogP contribution in [0.1, 0.15) is 0 Å². The molecule has 2 N–H and O–H groups in total. The fraction of sp³-hybridized carbons (Fsp3) is 0.238. The van der Waals surface area contributed by atoms with Crippen LogP contribution in [0, 0.1) is 0 Å². The number of nitrogens with one attached hydrogen (secondary N) is 2. The van der Waals surface area contributed by atoms with E-state index in [0.717, 1.165) is 54.0 Å². The quantitative estimate of drug-likeness (QED) is 0.591. The lowest BCUT2D eigenvalue weighted by Gasteiger charge is -2.29. The van der Waals surface area contributed by atoms with Crippen molar-refractivity contribution in [2.75, 3.05) is 31.1 Å². The maximum absolute atomic E-state index is 4.63. The number of pyridine rings is 1. The van der Waals surface area contributed by atoms with E-state index in [1.165, 1.54) is 11.3 Å². The van der Waals surface area contributed by atoms with Gasteiger partial charge in [0.2, 0.25) is 0 Å². The molecule has 0 spiro atoms. The molecule has 1 saturated heterocycles. The smallest absolute Gasteiger partial charge is 0.137 e. The molecule has 0 atom stereocenters. The zero-order valence-corrected chi connectivity index (χ0v) is 15.3. The first-order valence-corrected chi connectivity index (χ1v) is 9.31. The van der Waals surface area contributed by atoms with E-state index in [4.69, 9.17) is 0 Å². The van der Waals surface area contributed by atoms with Gasteiger partial charge in [0.1, 0.15) is 5.65 Å². The maximum Gasteiger partial charge on any atom is 0.137 e. The molecule has 5 rings (SSSR count). The van der Waals surface area contributed by atoms with Crippen LogP contribution in [0.5, 0.6) is 0 Å². The van der Waals surface area contributed by atoms with Crippen molar-refractivity contribution < 1.29 is 0 Å². The average molecular weight is 358 g/mol. The Balaban J connectivity index is 1.50. The van der Waals surface area contributed by atoms with Crippen LogP contribution in [0.25, 0.3) is 33.4 Å². The normalized spacial score (nSPS) is 14.8. The van der Waals surface area contributed by atoms with Gasteiger partial charge in [-0.25, -0.2) is 4.98 Å². The maximum atomic E-state index is 4.63. The first kappa shape index (κ1) is 16.1. The van der Waals surface area contributed by atoms with Crippen LogP contribution >= 0.6 is 0 Å². The zero-order valence-electron chi connectivity index (χ0n) is 15.3. The van der Waals surface area contributed by atoms with Gasteiger partial charge in [-0.15, -0.1) is 0 Å². The van der Waals surface area contributed by atoms with Gasteiger partial charge in [-0.05, 0) is 29.8 Å². The number of hydrogen-bond donors (Lipinski definition) is 2. The summed E-state index contributed by atoms with van der Waals surface area (Å²) in [7, 11) is 1.96. The third-order valence-electron chi connectivity index (χ3n) is 5.31. The monoisotopic (exact) mass is 358 g/mol. The number of aryl methyl sites for hydroxylation is 1. The van der Waals surface area contributed by atoms with E-state index in [-0.39, 0.29) is 0 Å². The summed E-state index contributed by atoms with van der Waals surface area (Å²) in [5, 5.41) is 8.80. The van der Waals surface area contributed by atoms with Crippen molar-refractivity contribution in [1.29, 1.82) is 0 Å². The molecular formula is C21H22N6. The minimum Gasteiger partial charge on any atom is -0.369 e. The third-order valence-corrected chi connectivity index (χ3v) is 5.31. The Morgan fingerprint density at radius 2 is 1.81 bits per heavy atom. The average Bonchev–Trinajstić information content (AvgIpc) is 3.34. The molecule has 6 nitrogen and oxygen atoms in total. The summed E-state index contributed by atoms with van der Waals surface area (Å²) in [5.41, 5.74) is 6.68. The van der Waals surface area contributed by atoms with Crippen LogP contribution in [0.15, 0.2) is 55.0 Å². The van der Waals surface area contributed by atoms with E-state index in [2.05, 4.69) is 55.6 Å². The van der Waals surface area contributed by atoms with Gasteiger partial charge >= 0.3 is 0 Å². The van der Waals surface area contributed by atoms with E-state index >= 15 is 0 Å². The number of benzene rings is 1. The first-order valence-electron chi connectivity index (χ1n) is 9.31. The van der Waals surface area contributed by atoms with E-state index in [9.17, 15) is 0 Å². The molecule has 0 bridgehead atoms. The van der Waals surface area contributed by atoms with E-state index in [1.54, 1.807) is 0 Å². The van der Waals surface area contributed by atoms with E-state index in [1.807, 2.05) is 36.4 Å². The molecule has 1 aliphatic rings. The number of H-pyrrole nitrogens is 1. The van der Waals surface area contributed by atoms with Gasteiger partial charge < -0.3 is 15.2 Å². The molecular weight excluding hydrogens is 336 g/mol. The molecule has 0 saturated carbocycles. The molecule has 6 heteroatoms. The number of aromatic nitrogens is 4. The van der Waals surface area contributed by atoms with Gasteiger partial charge in [0, 0.05) is 74.0 Å². The van der Waals surface area contributed by atoms with Crippen LogP contribution in [-0.2, 0) is 7.05 Å². The van der Waals surface area contributed by atoms with Gasteiger partial charge in [0.25, 0.3) is 0 Å². The molecule has 3 aromatic heterocycles. The van der Waals surface area contributed by atoms with Crippen molar-refractivity contribution >= 4 is 16.7 Å². The predicted molar refractivity (Wildman–Crippen MR) is 109 cm³/mol. The molecule has 1 aromatic carbocycles. The second-order valence-electron chi connectivity index (χ2n) is 6.95. The number of fused-ring (bicyclic) bond motifs is 1. The molecule has 0 unspecified atom stereocenters. The Bertz CT molecular complexity index is 1070. The molecule has 27 heavy (non-hydrogen) atoms. The van der Waals surface area contributed by atoms with E-state index in [0.29, 0.717) is 0 Å². The highest BCUT2D eigenvalue weighted by Crippen LogP contribution is 2.31. The van der Waals surface area contributed by atoms with E-state index < -0.39 is 0 Å². The summed E-state index contributed by atoms with van der Waals surface area (Å²) in [5.74, 6) is 0. The van der Waals surface area contributed by atoms with Crippen LogP contribution in [0.3, 0.4) is 0 Å². The number of rotatable bonds is 3. The van der Waals surface area contributed by atoms with Crippen LogP contribution in [0.2, 0.25) is 0 Å².